The van der Waals surface area contributed by atoms with Crippen LogP contribution in [0.25, 0.3) is 0 Å². The Morgan fingerprint density at radius 1 is 0.962 bits per heavy atom. The summed E-state index contributed by atoms with van der Waals surface area (Å²) >= 11 is 0. The Balaban J connectivity index is 1.70. The van der Waals surface area contributed by atoms with Gasteiger partial charge in [0, 0.05) is 25.0 Å². The predicted molar refractivity (Wildman–Crippen MR) is 101 cm³/mol. The topological polar surface area (TPSA) is 46.6 Å². The molecule has 2 saturated heterocycles. The van der Waals surface area contributed by atoms with Gasteiger partial charge >= 0.3 is 0 Å². The highest BCUT2D eigenvalue weighted by Crippen LogP contribution is 2.44. The van der Waals surface area contributed by atoms with E-state index in [-0.39, 0.29) is 18.1 Å². The van der Waals surface area contributed by atoms with Crippen molar-refractivity contribution in [1.82, 2.24) is 4.31 Å². The molecule has 3 atom stereocenters. The van der Waals surface area contributed by atoms with Crippen LogP contribution in [0, 0.1) is 19.8 Å². The molecule has 2 aromatic rings. The van der Waals surface area contributed by atoms with Crippen molar-refractivity contribution in [3.63, 3.8) is 0 Å². The summed E-state index contributed by atoms with van der Waals surface area (Å²) in [7, 11) is -3.57. The average molecular weight is 372 g/mol. The van der Waals surface area contributed by atoms with Crippen LogP contribution in [0.15, 0.2) is 53.4 Å². The summed E-state index contributed by atoms with van der Waals surface area (Å²) in [6.07, 6.45) is 1.63. The summed E-state index contributed by atoms with van der Waals surface area (Å²) in [6.45, 7) is 5.13. The first-order valence-corrected chi connectivity index (χ1v) is 10.7. The van der Waals surface area contributed by atoms with Crippen molar-refractivity contribution in [2.45, 2.75) is 43.7 Å². The molecule has 2 heterocycles. The Bertz CT molecular complexity index is 874. The first-order chi connectivity index (χ1) is 12.5. The second-order valence-electron chi connectivity index (χ2n) is 7.47. The molecule has 2 fully saturated rings. The Labute approximate surface area is 155 Å². The first kappa shape index (κ1) is 17.7. The van der Waals surface area contributed by atoms with Crippen molar-refractivity contribution in [1.29, 1.82) is 0 Å². The molecule has 0 radical (unpaired) electrons. The number of ether oxygens (including phenoxy) is 1. The van der Waals surface area contributed by atoms with Crippen LogP contribution < -0.4 is 0 Å². The molecular formula is C21H25NO3S. The van der Waals surface area contributed by atoms with Gasteiger partial charge in [0.05, 0.1) is 4.90 Å². The lowest BCUT2D eigenvalue weighted by molar-refractivity contribution is -0.0582. The molecule has 2 aliphatic heterocycles. The minimum Gasteiger partial charge on any atom is -0.362 e. The molecule has 4 nitrogen and oxygen atoms in total. The van der Waals surface area contributed by atoms with Gasteiger partial charge in [-0.25, -0.2) is 8.42 Å². The fraction of sp³-hybridized carbons (Fsp3) is 0.429. The Hall–Kier alpha value is -1.69. The molecule has 0 spiro atoms. The number of benzene rings is 2. The van der Waals surface area contributed by atoms with E-state index in [0.29, 0.717) is 18.0 Å². The van der Waals surface area contributed by atoms with Gasteiger partial charge < -0.3 is 4.74 Å². The maximum Gasteiger partial charge on any atom is 0.245 e. The van der Waals surface area contributed by atoms with Gasteiger partial charge in [0.2, 0.25) is 10.0 Å². The number of fused-ring (bicyclic) bond motifs is 1. The zero-order chi connectivity index (χ0) is 18.3. The number of hydrogen-bond donors (Lipinski definition) is 0. The summed E-state index contributed by atoms with van der Waals surface area (Å²) in [5.41, 5.74) is 3.47. The lowest BCUT2D eigenvalue weighted by atomic mass is 9.84. The van der Waals surface area contributed by atoms with Crippen LogP contribution in [-0.2, 0) is 14.8 Å². The van der Waals surface area contributed by atoms with E-state index in [4.69, 9.17) is 4.74 Å². The highest BCUT2D eigenvalue weighted by Gasteiger charge is 2.49. The Morgan fingerprint density at radius 2 is 1.58 bits per heavy atom. The van der Waals surface area contributed by atoms with Crippen LogP contribution in [-0.4, -0.2) is 32.1 Å². The van der Waals surface area contributed by atoms with E-state index < -0.39 is 10.0 Å². The molecule has 2 aromatic carbocycles. The largest absolute Gasteiger partial charge is 0.362 e. The van der Waals surface area contributed by atoms with E-state index in [2.05, 4.69) is 31.2 Å². The average Bonchev–Trinajstić information content (AvgIpc) is 3.03. The second-order valence-corrected chi connectivity index (χ2v) is 9.36. The Morgan fingerprint density at radius 3 is 2.23 bits per heavy atom. The van der Waals surface area contributed by atoms with Crippen LogP contribution in [0.5, 0.6) is 0 Å². The van der Waals surface area contributed by atoms with Crippen LogP contribution in [0.4, 0.5) is 0 Å². The number of sulfonamides is 1. The summed E-state index contributed by atoms with van der Waals surface area (Å²) in [5, 5.41) is 0. The third kappa shape index (κ3) is 3.08. The van der Waals surface area contributed by atoms with Gasteiger partial charge in [0.1, 0.15) is 6.23 Å². The van der Waals surface area contributed by atoms with E-state index in [1.165, 1.54) is 11.1 Å². The van der Waals surface area contributed by atoms with E-state index in [1.807, 2.05) is 19.1 Å². The normalized spacial score (nSPS) is 26.6. The van der Waals surface area contributed by atoms with E-state index >= 15 is 0 Å². The van der Waals surface area contributed by atoms with Crippen molar-refractivity contribution in [2.75, 3.05) is 13.2 Å². The van der Waals surface area contributed by atoms with Gasteiger partial charge in [-0.2, -0.15) is 4.31 Å². The summed E-state index contributed by atoms with van der Waals surface area (Å²) in [5.74, 6) is 0.396. The van der Waals surface area contributed by atoms with Gasteiger partial charge in [-0.3, -0.25) is 0 Å². The number of aryl methyl sites for hydroxylation is 2. The lowest BCUT2D eigenvalue weighted by Gasteiger charge is -2.32. The predicted octanol–water partition coefficient (Wildman–Crippen LogP) is 3.84. The SMILES string of the molecule is Cc1ccc([C@H]2CN(S(=O)(=O)c3ccc(C)cc3)[C@@H]3OCCC[C@H]23)cc1. The molecule has 0 unspecified atom stereocenters. The van der Waals surface area contributed by atoms with Gasteiger partial charge in [-0.1, -0.05) is 47.5 Å². The standard InChI is InChI=1S/C21H25NO3S/c1-15-5-9-17(10-6-15)20-14-22(21-19(20)4-3-13-25-21)26(23,24)18-11-7-16(2)8-12-18/h5-12,19-21H,3-4,13-14H2,1-2H3/t19-,20-,21-/m1/s1. The third-order valence-corrected chi connectivity index (χ3v) is 7.49. The quantitative estimate of drug-likeness (QED) is 0.823. The van der Waals surface area contributed by atoms with Crippen LogP contribution in [0.2, 0.25) is 0 Å². The molecule has 0 bridgehead atoms. The van der Waals surface area contributed by atoms with Gasteiger partial charge in [0.25, 0.3) is 0 Å². The highest BCUT2D eigenvalue weighted by atomic mass is 32.2. The maximum atomic E-state index is 13.3. The molecule has 26 heavy (non-hydrogen) atoms. The van der Waals surface area contributed by atoms with Crippen molar-refractivity contribution >= 4 is 10.0 Å². The molecule has 0 aliphatic carbocycles. The third-order valence-electron chi connectivity index (χ3n) is 5.65. The number of nitrogens with zero attached hydrogens (tertiary/aromatic N) is 1. The van der Waals surface area contributed by atoms with E-state index in [0.717, 1.165) is 18.4 Å². The fourth-order valence-corrected chi connectivity index (χ4v) is 5.76. The molecule has 2 aliphatic rings. The van der Waals surface area contributed by atoms with Crippen LogP contribution >= 0.6 is 0 Å². The molecule has 4 rings (SSSR count). The monoisotopic (exact) mass is 371 g/mol. The number of rotatable bonds is 3. The minimum atomic E-state index is -3.57. The zero-order valence-corrected chi connectivity index (χ0v) is 16.1. The lowest BCUT2D eigenvalue weighted by Crippen LogP contribution is -2.41. The smallest absolute Gasteiger partial charge is 0.245 e. The van der Waals surface area contributed by atoms with Crippen molar-refractivity contribution in [3.05, 3.63) is 65.2 Å². The molecule has 0 saturated carbocycles. The molecule has 0 N–H and O–H groups in total. The van der Waals surface area contributed by atoms with Gasteiger partial charge in [-0.15, -0.1) is 0 Å². The van der Waals surface area contributed by atoms with Gasteiger partial charge in [0.15, 0.2) is 0 Å². The zero-order valence-electron chi connectivity index (χ0n) is 15.3. The van der Waals surface area contributed by atoms with Crippen molar-refractivity contribution in [3.8, 4) is 0 Å². The van der Waals surface area contributed by atoms with Crippen molar-refractivity contribution < 1.29 is 13.2 Å². The highest BCUT2D eigenvalue weighted by molar-refractivity contribution is 7.89. The summed E-state index contributed by atoms with van der Waals surface area (Å²) < 4.78 is 34.1. The molecule has 138 valence electrons. The summed E-state index contributed by atoms with van der Waals surface area (Å²) in [4.78, 5) is 0.348. The molecule has 0 amide bonds. The van der Waals surface area contributed by atoms with Crippen LogP contribution in [0.3, 0.4) is 0 Å². The Kier molecular flexibility index (Phi) is 4.63. The minimum absolute atomic E-state index is 0.182. The fourth-order valence-electron chi connectivity index (χ4n) is 4.17. The van der Waals surface area contributed by atoms with E-state index in [1.54, 1.807) is 16.4 Å². The second kappa shape index (κ2) is 6.80. The summed E-state index contributed by atoms with van der Waals surface area (Å²) in [6, 6.07) is 15.6. The maximum absolute atomic E-state index is 13.3. The van der Waals surface area contributed by atoms with Crippen molar-refractivity contribution in [2.24, 2.45) is 5.92 Å². The van der Waals surface area contributed by atoms with Crippen LogP contribution in [0.1, 0.15) is 35.4 Å². The molecule has 0 aromatic heterocycles. The first-order valence-electron chi connectivity index (χ1n) is 9.23. The molecular weight excluding hydrogens is 346 g/mol. The molecule has 5 heteroatoms. The number of hydrogen-bond acceptors (Lipinski definition) is 3. The van der Waals surface area contributed by atoms with E-state index in [9.17, 15) is 8.42 Å². The van der Waals surface area contributed by atoms with Gasteiger partial charge in [-0.05, 0) is 44.4 Å².